The summed E-state index contributed by atoms with van der Waals surface area (Å²) >= 11 is 0. The van der Waals surface area contributed by atoms with Crippen molar-refractivity contribution in [1.82, 2.24) is 4.98 Å². The molecule has 0 aliphatic carbocycles. The third kappa shape index (κ3) is 3.41. The first-order valence-corrected chi connectivity index (χ1v) is 5.76. The number of benzene rings is 1. The highest BCUT2D eigenvalue weighted by molar-refractivity contribution is 5.44. The van der Waals surface area contributed by atoms with Crippen LogP contribution in [-0.2, 0) is 6.54 Å². The molecule has 7 heteroatoms. The van der Waals surface area contributed by atoms with Crippen molar-refractivity contribution < 1.29 is 14.1 Å². The zero-order chi connectivity index (χ0) is 14.5. The topological polar surface area (TPSA) is 77.3 Å². The highest BCUT2D eigenvalue weighted by Gasteiger charge is 2.09. The molecule has 0 amide bonds. The Morgan fingerprint density at radius 1 is 1.40 bits per heavy atom. The molecule has 1 aromatic heterocycles. The van der Waals surface area contributed by atoms with E-state index in [0.717, 1.165) is 6.07 Å². The number of hydrogen-bond acceptors (Lipinski definition) is 5. The van der Waals surface area contributed by atoms with E-state index in [0.29, 0.717) is 17.1 Å². The van der Waals surface area contributed by atoms with Crippen LogP contribution in [0.2, 0.25) is 0 Å². The molecule has 1 heterocycles. The van der Waals surface area contributed by atoms with Crippen LogP contribution in [0.4, 0.5) is 15.8 Å². The Morgan fingerprint density at radius 2 is 2.20 bits per heavy atom. The lowest BCUT2D eigenvalue weighted by atomic mass is 10.2. The highest BCUT2D eigenvalue weighted by Crippen LogP contribution is 2.18. The Kier molecular flexibility index (Phi) is 4.09. The molecule has 2 aromatic rings. The summed E-state index contributed by atoms with van der Waals surface area (Å²) in [6, 6.07) is 6.89. The number of hydrogen-bond donors (Lipinski definition) is 1. The number of nitrogens with zero attached hydrogens (tertiary/aromatic N) is 2. The molecule has 6 nitrogen and oxygen atoms in total. The van der Waals surface area contributed by atoms with Crippen LogP contribution >= 0.6 is 0 Å². The first-order chi connectivity index (χ1) is 9.58. The molecule has 0 spiro atoms. The monoisotopic (exact) mass is 277 g/mol. The number of non-ortho nitro benzene ring substituents is 1. The standard InChI is InChI=1S/C13H12FN3O3/c1-20-13-3-2-11(8-16-13)15-7-9-4-10(14)6-12(5-9)17(18)19/h2-6,8,15H,7H2,1H3. The average Bonchev–Trinajstić information content (AvgIpc) is 2.45. The van der Waals surface area contributed by atoms with E-state index in [4.69, 9.17) is 4.74 Å². The third-order valence-corrected chi connectivity index (χ3v) is 2.60. The van der Waals surface area contributed by atoms with Gasteiger partial charge in [-0.15, -0.1) is 0 Å². The fourth-order valence-electron chi connectivity index (χ4n) is 1.65. The summed E-state index contributed by atoms with van der Waals surface area (Å²) in [7, 11) is 1.52. The fourth-order valence-corrected chi connectivity index (χ4v) is 1.65. The number of rotatable bonds is 5. The Hall–Kier alpha value is -2.70. The lowest BCUT2D eigenvalue weighted by molar-refractivity contribution is -0.385. The molecule has 0 bridgehead atoms. The van der Waals surface area contributed by atoms with Crippen LogP contribution in [0.1, 0.15) is 5.56 Å². The second kappa shape index (κ2) is 5.96. The SMILES string of the molecule is COc1ccc(NCc2cc(F)cc([N+](=O)[O-])c2)cn1. The van der Waals surface area contributed by atoms with Crippen LogP contribution in [0.3, 0.4) is 0 Å². The van der Waals surface area contributed by atoms with Gasteiger partial charge in [-0.3, -0.25) is 10.1 Å². The molecule has 0 unspecified atom stereocenters. The van der Waals surface area contributed by atoms with Crippen LogP contribution in [0.5, 0.6) is 5.88 Å². The van der Waals surface area contributed by atoms with Gasteiger partial charge in [0.2, 0.25) is 5.88 Å². The van der Waals surface area contributed by atoms with Crippen molar-refractivity contribution in [3.05, 3.63) is 58.0 Å². The van der Waals surface area contributed by atoms with Crippen LogP contribution < -0.4 is 10.1 Å². The summed E-state index contributed by atoms with van der Waals surface area (Å²) < 4.78 is 18.2. The van der Waals surface area contributed by atoms with Gasteiger partial charge in [0.05, 0.1) is 30.0 Å². The molecule has 1 N–H and O–H groups in total. The Balaban J connectivity index is 2.08. The number of ether oxygens (including phenoxy) is 1. The molecule has 0 aliphatic rings. The Labute approximate surface area is 114 Å². The number of aromatic nitrogens is 1. The maximum Gasteiger partial charge on any atom is 0.272 e. The Bertz CT molecular complexity index is 617. The van der Waals surface area contributed by atoms with Gasteiger partial charge in [-0.1, -0.05) is 0 Å². The molecule has 0 fully saturated rings. The van der Waals surface area contributed by atoms with Gasteiger partial charge in [0.15, 0.2) is 0 Å². The third-order valence-electron chi connectivity index (χ3n) is 2.60. The lowest BCUT2D eigenvalue weighted by Gasteiger charge is -2.07. The Morgan fingerprint density at radius 3 is 2.80 bits per heavy atom. The average molecular weight is 277 g/mol. The number of nitro groups is 1. The largest absolute Gasteiger partial charge is 0.481 e. The normalized spacial score (nSPS) is 10.1. The summed E-state index contributed by atoms with van der Waals surface area (Å²) in [6.45, 7) is 0.257. The number of methoxy groups -OCH3 is 1. The maximum absolute atomic E-state index is 13.3. The van der Waals surface area contributed by atoms with Crippen molar-refractivity contribution in [3.8, 4) is 5.88 Å². The minimum absolute atomic E-state index is 0.257. The van der Waals surface area contributed by atoms with Crippen LogP contribution in [0.25, 0.3) is 0 Å². The quantitative estimate of drug-likeness (QED) is 0.671. The first kappa shape index (κ1) is 13.7. The second-order valence-corrected chi connectivity index (χ2v) is 4.02. The molecule has 2 rings (SSSR count). The van der Waals surface area contributed by atoms with E-state index in [1.54, 1.807) is 18.3 Å². The van der Waals surface area contributed by atoms with E-state index >= 15 is 0 Å². The molecular formula is C13H12FN3O3. The molecule has 1 aromatic carbocycles. The van der Waals surface area contributed by atoms with Gasteiger partial charge in [-0.05, 0) is 17.7 Å². The minimum atomic E-state index is -0.635. The van der Waals surface area contributed by atoms with Crippen molar-refractivity contribution in [2.45, 2.75) is 6.54 Å². The van der Waals surface area contributed by atoms with Gasteiger partial charge in [0.1, 0.15) is 5.82 Å². The number of halogens is 1. The number of pyridine rings is 1. The van der Waals surface area contributed by atoms with Crippen molar-refractivity contribution in [1.29, 1.82) is 0 Å². The molecule has 0 saturated carbocycles. The molecular weight excluding hydrogens is 265 g/mol. The van der Waals surface area contributed by atoms with E-state index in [-0.39, 0.29) is 12.2 Å². The van der Waals surface area contributed by atoms with E-state index in [1.165, 1.54) is 19.2 Å². The number of nitro benzene ring substituents is 1. The van der Waals surface area contributed by atoms with Crippen LogP contribution in [0, 0.1) is 15.9 Å². The van der Waals surface area contributed by atoms with E-state index in [9.17, 15) is 14.5 Å². The van der Waals surface area contributed by atoms with Gasteiger partial charge in [0.25, 0.3) is 5.69 Å². The number of anilines is 1. The highest BCUT2D eigenvalue weighted by atomic mass is 19.1. The lowest BCUT2D eigenvalue weighted by Crippen LogP contribution is -2.01. The zero-order valence-electron chi connectivity index (χ0n) is 10.7. The van der Waals surface area contributed by atoms with Crippen molar-refractivity contribution in [2.75, 3.05) is 12.4 Å². The fraction of sp³-hybridized carbons (Fsp3) is 0.154. The van der Waals surface area contributed by atoms with Gasteiger partial charge >= 0.3 is 0 Å². The van der Waals surface area contributed by atoms with Crippen molar-refractivity contribution in [2.24, 2.45) is 0 Å². The predicted molar refractivity (Wildman–Crippen MR) is 71.2 cm³/mol. The molecule has 0 radical (unpaired) electrons. The van der Waals surface area contributed by atoms with Crippen molar-refractivity contribution in [3.63, 3.8) is 0 Å². The predicted octanol–water partition coefficient (Wildman–Crippen LogP) is 2.75. The van der Waals surface area contributed by atoms with Gasteiger partial charge in [-0.25, -0.2) is 9.37 Å². The van der Waals surface area contributed by atoms with E-state index in [2.05, 4.69) is 10.3 Å². The molecule has 20 heavy (non-hydrogen) atoms. The number of nitrogens with one attached hydrogen (secondary N) is 1. The van der Waals surface area contributed by atoms with Crippen LogP contribution in [-0.4, -0.2) is 17.0 Å². The summed E-state index contributed by atoms with van der Waals surface area (Å²) in [6.07, 6.45) is 1.56. The summed E-state index contributed by atoms with van der Waals surface area (Å²) in [5, 5.41) is 13.6. The smallest absolute Gasteiger partial charge is 0.272 e. The van der Waals surface area contributed by atoms with Gasteiger partial charge in [0, 0.05) is 18.7 Å². The first-order valence-electron chi connectivity index (χ1n) is 5.76. The summed E-state index contributed by atoms with van der Waals surface area (Å²) in [5.74, 6) is -0.152. The molecule has 0 aliphatic heterocycles. The zero-order valence-corrected chi connectivity index (χ0v) is 10.7. The van der Waals surface area contributed by atoms with Gasteiger partial charge in [-0.2, -0.15) is 0 Å². The molecule has 0 atom stereocenters. The van der Waals surface area contributed by atoms with Crippen molar-refractivity contribution >= 4 is 11.4 Å². The minimum Gasteiger partial charge on any atom is -0.481 e. The second-order valence-electron chi connectivity index (χ2n) is 4.02. The van der Waals surface area contributed by atoms with Gasteiger partial charge < -0.3 is 10.1 Å². The van der Waals surface area contributed by atoms with E-state index in [1.807, 2.05) is 0 Å². The maximum atomic E-state index is 13.3. The molecule has 104 valence electrons. The molecule has 0 saturated heterocycles. The summed E-state index contributed by atoms with van der Waals surface area (Å²) in [5.41, 5.74) is 0.917. The van der Waals surface area contributed by atoms with Crippen LogP contribution in [0.15, 0.2) is 36.5 Å². The summed E-state index contributed by atoms with van der Waals surface area (Å²) in [4.78, 5) is 14.0. The van der Waals surface area contributed by atoms with E-state index < -0.39 is 10.7 Å².